The molecule has 1 aliphatic carbocycles. The van der Waals surface area contributed by atoms with E-state index < -0.39 is 0 Å². The third-order valence-electron chi connectivity index (χ3n) is 8.28. The minimum absolute atomic E-state index is 0.0796. The molecule has 0 amide bonds. The highest BCUT2D eigenvalue weighted by atomic mass is 16.5. The van der Waals surface area contributed by atoms with Crippen molar-refractivity contribution >= 4 is 28.6 Å². The van der Waals surface area contributed by atoms with E-state index >= 15 is 0 Å². The molecule has 2 aromatic heterocycles. The van der Waals surface area contributed by atoms with E-state index in [1.807, 2.05) is 18.3 Å². The highest BCUT2D eigenvalue weighted by Gasteiger charge is 2.46. The van der Waals surface area contributed by atoms with Crippen molar-refractivity contribution in [2.45, 2.75) is 57.8 Å². The maximum atomic E-state index is 5.88. The Kier molecular flexibility index (Phi) is 5.45. The summed E-state index contributed by atoms with van der Waals surface area (Å²) in [5, 5.41) is 0. The zero-order valence-electron chi connectivity index (χ0n) is 21.2. The first kappa shape index (κ1) is 22.7. The van der Waals surface area contributed by atoms with Crippen LogP contribution in [0.4, 0.5) is 5.82 Å². The number of nitrogens with zero attached hydrogens (tertiary/aromatic N) is 7. The smallest absolute Gasteiger partial charge is 0.283 e. The summed E-state index contributed by atoms with van der Waals surface area (Å²) in [4.78, 5) is 26.5. The van der Waals surface area contributed by atoms with E-state index in [-0.39, 0.29) is 23.6 Å². The molecule has 0 bridgehead atoms. The van der Waals surface area contributed by atoms with Gasteiger partial charge in [-0.3, -0.25) is 9.80 Å². The highest BCUT2D eigenvalue weighted by molar-refractivity contribution is 5.79. The first-order chi connectivity index (χ1) is 16.8. The van der Waals surface area contributed by atoms with E-state index in [1.165, 1.54) is 5.57 Å². The zero-order chi connectivity index (χ0) is 24.3. The van der Waals surface area contributed by atoms with Crippen LogP contribution in [0.3, 0.4) is 0 Å². The lowest BCUT2D eigenvalue weighted by molar-refractivity contribution is 0.0638. The normalized spacial score (nSPS) is 30.1. The van der Waals surface area contributed by atoms with E-state index in [2.05, 4.69) is 58.4 Å². The number of aromatic nitrogens is 3. The Hall–Kier alpha value is -2.78. The van der Waals surface area contributed by atoms with E-state index in [9.17, 15) is 0 Å². The fraction of sp³-hybridized carbons (Fsp3) is 0.615. The van der Waals surface area contributed by atoms with Crippen molar-refractivity contribution in [3.05, 3.63) is 30.1 Å². The number of ether oxygens (including phenoxy) is 1. The van der Waals surface area contributed by atoms with Crippen molar-refractivity contribution in [2.24, 2.45) is 16.6 Å². The molecule has 2 N–H and O–H groups in total. The number of rotatable bonds is 4. The molecular formula is C26H36N8O. The summed E-state index contributed by atoms with van der Waals surface area (Å²) < 4.78 is 5.84. The Labute approximate surface area is 207 Å². The maximum absolute atomic E-state index is 5.88. The molecule has 3 aliphatic heterocycles. The van der Waals surface area contributed by atoms with Gasteiger partial charge in [0.05, 0.1) is 11.9 Å². The third-order valence-corrected chi connectivity index (χ3v) is 8.28. The molecular weight excluding hydrogens is 440 g/mol. The third kappa shape index (κ3) is 4.04. The van der Waals surface area contributed by atoms with Crippen molar-refractivity contribution in [2.75, 3.05) is 44.2 Å². The van der Waals surface area contributed by atoms with Gasteiger partial charge in [0.2, 0.25) is 0 Å². The molecule has 0 radical (unpaired) electrons. The van der Waals surface area contributed by atoms with Gasteiger partial charge in [-0.2, -0.15) is 0 Å². The molecule has 4 aliphatic rings. The Bertz CT molecular complexity index is 1180. The number of hydrogen-bond donors (Lipinski definition) is 1. The molecule has 0 aromatic carbocycles. The second kappa shape index (κ2) is 8.41. The molecule has 6 rings (SSSR count). The standard InChI is InChI=1S/C26H36N8O/c1-16(2)32-7-9-33(10-8-32)18-14-34(15-18)23-13-28-21-6-5-20(29-24(21)31-23)19-11-22-26(4,12-17(19)3)35-25(27)30-22/h5-6,11,13,16-18,22H,7-10,12,14-15H2,1-4H3,(H2,27,30). The largest absolute Gasteiger partial charge is 0.456 e. The summed E-state index contributed by atoms with van der Waals surface area (Å²) in [6.45, 7) is 15.5. The topological polar surface area (TPSA) is 96.0 Å². The highest BCUT2D eigenvalue weighted by Crippen LogP contribution is 2.42. The van der Waals surface area contributed by atoms with Crippen LogP contribution in [-0.2, 0) is 4.74 Å². The van der Waals surface area contributed by atoms with Gasteiger partial charge in [-0.1, -0.05) is 13.0 Å². The van der Waals surface area contributed by atoms with Crippen LogP contribution in [0.25, 0.3) is 16.7 Å². The lowest BCUT2D eigenvalue weighted by Crippen LogP contribution is -2.63. The molecule has 186 valence electrons. The van der Waals surface area contributed by atoms with Crippen LogP contribution in [0.15, 0.2) is 29.4 Å². The summed E-state index contributed by atoms with van der Waals surface area (Å²) in [5.41, 5.74) is 9.13. The number of aliphatic imine (C=N–C) groups is 1. The number of pyridine rings is 1. The number of nitrogens with two attached hydrogens (primary N) is 1. The summed E-state index contributed by atoms with van der Waals surface area (Å²) in [7, 11) is 0. The Balaban J connectivity index is 1.17. The number of fused-ring (bicyclic) bond motifs is 2. The van der Waals surface area contributed by atoms with Gasteiger partial charge in [-0.15, -0.1) is 0 Å². The van der Waals surface area contributed by atoms with Crippen molar-refractivity contribution in [3.63, 3.8) is 0 Å². The SMILES string of the molecule is CC1CC2(C)OC(N)=NC2C=C1c1ccc2ncc(N3CC(N4CCN(C(C)C)CC4)C3)nc2n1. The number of amidine groups is 1. The van der Waals surface area contributed by atoms with Gasteiger partial charge >= 0.3 is 0 Å². The molecule has 5 heterocycles. The van der Waals surface area contributed by atoms with Gasteiger partial charge in [-0.25, -0.2) is 19.9 Å². The molecule has 2 fully saturated rings. The summed E-state index contributed by atoms with van der Waals surface area (Å²) >= 11 is 0. The summed E-state index contributed by atoms with van der Waals surface area (Å²) in [6, 6.07) is 5.50. The number of anilines is 1. The minimum Gasteiger partial charge on any atom is -0.456 e. The first-order valence-electron chi connectivity index (χ1n) is 12.9. The number of hydrogen-bond acceptors (Lipinski definition) is 9. The van der Waals surface area contributed by atoms with Gasteiger partial charge in [0, 0.05) is 51.4 Å². The molecule has 9 heteroatoms. The van der Waals surface area contributed by atoms with Crippen molar-refractivity contribution < 1.29 is 4.74 Å². The average Bonchev–Trinajstić information content (AvgIpc) is 3.09. The van der Waals surface area contributed by atoms with E-state index in [0.29, 0.717) is 17.7 Å². The number of allylic oxidation sites excluding steroid dienone is 1. The van der Waals surface area contributed by atoms with Crippen LogP contribution in [0.1, 0.15) is 39.8 Å². The van der Waals surface area contributed by atoms with Gasteiger partial charge < -0.3 is 15.4 Å². The van der Waals surface area contributed by atoms with Crippen LogP contribution in [0.5, 0.6) is 0 Å². The maximum Gasteiger partial charge on any atom is 0.283 e. The van der Waals surface area contributed by atoms with Crippen LogP contribution in [0.2, 0.25) is 0 Å². The molecule has 0 spiro atoms. The van der Waals surface area contributed by atoms with Gasteiger partial charge in [-0.05, 0) is 50.8 Å². The Morgan fingerprint density at radius 2 is 1.89 bits per heavy atom. The van der Waals surface area contributed by atoms with E-state index in [4.69, 9.17) is 20.4 Å². The molecule has 2 saturated heterocycles. The average molecular weight is 477 g/mol. The number of piperazine rings is 1. The van der Waals surface area contributed by atoms with Crippen LogP contribution < -0.4 is 10.6 Å². The predicted molar refractivity (Wildman–Crippen MR) is 138 cm³/mol. The van der Waals surface area contributed by atoms with Crippen LogP contribution in [0, 0.1) is 5.92 Å². The lowest BCUT2D eigenvalue weighted by atomic mass is 9.76. The molecule has 9 nitrogen and oxygen atoms in total. The zero-order valence-corrected chi connectivity index (χ0v) is 21.2. The second-order valence-electron chi connectivity index (χ2n) is 11.0. The molecule has 35 heavy (non-hydrogen) atoms. The minimum atomic E-state index is -0.369. The molecule has 3 atom stereocenters. The van der Waals surface area contributed by atoms with Crippen LogP contribution >= 0.6 is 0 Å². The second-order valence-corrected chi connectivity index (χ2v) is 11.0. The van der Waals surface area contributed by atoms with Gasteiger partial charge in [0.25, 0.3) is 6.02 Å². The Morgan fingerprint density at radius 1 is 1.11 bits per heavy atom. The van der Waals surface area contributed by atoms with E-state index in [1.54, 1.807) is 0 Å². The molecule has 2 aromatic rings. The molecule has 0 saturated carbocycles. The summed E-state index contributed by atoms with van der Waals surface area (Å²) in [6.07, 6.45) is 4.90. The van der Waals surface area contributed by atoms with Crippen LogP contribution in [-0.4, -0.2) is 93.8 Å². The quantitative estimate of drug-likeness (QED) is 0.717. The monoisotopic (exact) mass is 476 g/mol. The van der Waals surface area contributed by atoms with Crippen molar-refractivity contribution in [1.29, 1.82) is 0 Å². The van der Waals surface area contributed by atoms with E-state index in [0.717, 1.165) is 62.7 Å². The van der Waals surface area contributed by atoms with Crippen molar-refractivity contribution in [1.82, 2.24) is 24.8 Å². The van der Waals surface area contributed by atoms with Crippen molar-refractivity contribution in [3.8, 4) is 0 Å². The lowest BCUT2D eigenvalue weighted by Gasteiger charge is -2.49. The summed E-state index contributed by atoms with van der Waals surface area (Å²) in [5.74, 6) is 1.20. The molecule has 3 unspecified atom stereocenters. The fourth-order valence-electron chi connectivity index (χ4n) is 6.06. The van der Waals surface area contributed by atoms with Gasteiger partial charge in [0.15, 0.2) is 5.65 Å². The fourth-order valence-corrected chi connectivity index (χ4v) is 6.06. The van der Waals surface area contributed by atoms with Gasteiger partial charge in [0.1, 0.15) is 23.0 Å². The predicted octanol–water partition coefficient (Wildman–Crippen LogP) is 2.13. The Morgan fingerprint density at radius 3 is 2.63 bits per heavy atom. The first-order valence-corrected chi connectivity index (χ1v) is 12.9.